The van der Waals surface area contributed by atoms with E-state index in [2.05, 4.69) is 0 Å². The summed E-state index contributed by atoms with van der Waals surface area (Å²) in [6, 6.07) is 9.41. The lowest BCUT2D eigenvalue weighted by atomic mass is 9.86. The Hall–Kier alpha value is -1.39. The summed E-state index contributed by atoms with van der Waals surface area (Å²) in [5.74, 6) is 0.192. The number of likely N-dealkylation sites (tertiary alicyclic amines) is 1. The van der Waals surface area contributed by atoms with Gasteiger partial charge in [0.1, 0.15) is 5.60 Å². The second kappa shape index (κ2) is 4.86. The SMILES string of the molecule is CC(C(=O)N1CC(O)(C2CC2)C1)C(N)c1ccccc1. The van der Waals surface area contributed by atoms with E-state index in [0.717, 1.165) is 18.4 Å². The molecule has 2 aliphatic rings. The predicted molar refractivity (Wildman–Crippen MR) is 76.8 cm³/mol. The molecule has 20 heavy (non-hydrogen) atoms. The Morgan fingerprint density at radius 2 is 1.95 bits per heavy atom. The van der Waals surface area contributed by atoms with Gasteiger partial charge in [0.2, 0.25) is 5.91 Å². The van der Waals surface area contributed by atoms with E-state index in [0.29, 0.717) is 19.0 Å². The highest BCUT2D eigenvalue weighted by Gasteiger charge is 2.53. The summed E-state index contributed by atoms with van der Waals surface area (Å²) in [5, 5.41) is 10.3. The maximum atomic E-state index is 12.4. The van der Waals surface area contributed by atoms with Gasteiger partial charge in [-0.25, -0.2) is 0 Å². The van der Waals surface area contributed by atoms with E-state index in [1.54, 1.807) is 4.90 Å². The summed E-state index contributed by atoms with van der Waals surface area (Å²) in [4.78, 5) is 14.1. The summed E-state index contributed by atoms with van der Waals surface area (Å²) < 4.78 is 0. The van der Waals surface area contributed by atoms with Gasteiger partial charge in [-0.15, -0.1) is 0 Å². The Labute approximate surface area is 119 Å². The number of aliphatic hydroxyl groups is 1. The molecule has 1 aliphatic heterocycles. The molecule has 1 aliphatic carbocycles. The summed E-state index contributed by atoms with van der Waals surface area (Å²) in [7, 11) is 0. The lowest BCUT2D eigenvalue weighted by molar-refractivity contribution is -0.163. The molecular weight excluding hydrogens is 252 g/mol. The summed E-state index contributed by atoms with van der Waals surface area (Å²) in [6.45, 7) is 2.82. The maximum absolute atomic E-state index is 12.4. The minimum Gasteiger partial charge on any atom is -0.386 e. The van der Waals surface area contributed by atoms with Crippen LogP contribution < -0.4 is 5.73 Å². The van der Waals surface area contributed by atoms with Crippen molar-refractivity contribution < 1.29 is 9.90 Å². The Kier molecular flexibility index (Phi) is 3.30. The Morgan fingerprint density at radius 3 is 2.50 bits per heavy atom. The molecule has 0 spiro atoms. The highest BCUT2D eigenvalue weighted by Crippen LogP contribution is 2.45. The highest BCUT2D eigenvalue weighted by molar-refractivity contribution is 5.80. The fourth-order valence-corrected chi connectivity index (χ4v) is 3.05. The molecule has 1 amide bonds. The number of hydrogen-bond acceptors (Lipinski definition) is 3. The molecule has 3 rings (SSSR count). The number of amides is 1. The van der Waals surface area contributed by atoms with Crippen LogP contribution in [0.3, 0.4) is 0 Å². The zero-order valence-corrected chi connectivity index (χ0v) is 11.8. The number of hydrogen-bond donors (Lipinski definition) is 2. The average molecular weight is 274 g/mol. The molecule has 0 bridgehead atoms. The van der Waals surface area contributed by atoms with E-state index in [-0.39, 0.29) is 17.9 Å². The van der Waals surface area contributed by atoms with Gasteiger partial charge in [-0.2, -0.15) is 0 Å². The van der Waals surface area contributed by atoms with Gasteiger partial charge >= 0.3 is 0 Å². The van der Waals surface area contributed by atoms with Gasteiger partial charge in [0.25, 0.3) is 0 Å². The fourth-order valence-electron chi connectivity index (χ4n) is 3.05. The second-order valence-electron chi connectivity index (χ2n) is 6.30. The molecule has 0 radical (unpaired) electrons. The van der Waals surface area contributed by atoms with Crippen LogP contribution in [0.2, 0.25) is 0 Å². The third-order valence-corrected chi connectivity index (χ3v) is 4.69. The van der Waals surface area contributed by atoms with Crippen molar-refractivity contribution in [1.82, 2.24) is 4.90 Å². The number of rotatable bonds is 4. The van der Waals surface area contributed by atoms with Crippen molar-refractivity contribution in [3.8, 4) is 0 Å². The number of β-amino-alcohol motifs (C(OH)–C–C–N with tert-alkyl or cyclic N) is 1. The molecule has 2 unspecified atom stereocenters. The molecule has 1 saturated heterocycles. The summed E-state index contributed by atoms with van der Waals surface area (Å²) in [6.07, 6.45) is 2.19. The van der Waals surface area contributed by atoms with E-state index in [4.69, 9.17) is 5.73 Å². The fraction of sp³-hybridized carbons (Fsp3) is 0.562. The van der Waals surface area contributed by atoms with Gasteiger partial charge < -0.3 is 15.7 Å². The molecule has 1 saturated carbocycles. The first-order valence-electron chi connectivity index (χ1n) is 7.33. The van der Waals surface area contributed by atoms with Crippen LogP contribution in [0.15, 0.2) is 30.3 Å². The van der Waals surface area contributed by atoms with E-state index < -0.39 is 5.60 Å². The van der Waals surface area contributed by atoms with Gasteiger partial charge in [0, 0.05) is 6.04 Å². The van der Waals surface area contributed by atoms with Crippen LogP contribution in [0.25, 0.3) is 0 Å². The van der Waals surface area contributed by atoms with Gasteiger partial charge in [-0.3, -0.25) is 4.79 Å². The number of nitrogens with zero attached hydrogens (tertiary/aromatic N) is 1. The van der Waals surface area contributed by atoms with Crippen molar-refractivity contribution in [2.24, 2.45) is 17.6 Å². The van der Waals surface area contributed by atoms with Gasteiger partial charge in [0.05, 0.1) is 19.0 Å². The van der Waals surface area contributed by atoms with Crippen LogP contribution in [-0.4, -0.2) is 34.6 Å². The second-order valence-corrected chi connectivity index (χ2v) is 6.30. The van der Waals surface area contributed by atoms with E-state index in [1.807, 2.05) is 37.3 Å². The number of nitrogens with two attached hydrogens (primary N) is 1. The van der Waals surface area contributed by atoms with Crippen LogP contribution >= 0.6 is 0 Å². The molecule has 108 valence electrons. The molecule has 4 nitrogen and oxygen atoms in total. The van der Waals surface area contributed by atoms with Crippen molar-refractivity contribution in [3.63, 3.8) is 0 Å². The topological polar surface area (TPSA) is 66.6 Å². The monoisotopic (exact) mass is 274 g/mol. The lowest BCUT2D eigenvalue weighted by Crippen LogP contribution is -2.65. The smallest absolute Gasteiger partial charge is 0.227 e. The third-order valence-electron chi connectivity index (χ3n) is 4.69. The molecule has 4 heteroatoms. The maximum Gasteiger partial charge on any atom is 0.227 e. The van der Waals surface area contributed by atoms with Crippen LogP contribution in [0.4, 0.5) is 0 Å². The summed E-state index contributed by atoms with van der Waals surface area (Å²) in [5.41, 5.74) is 6.55. The Bertz CT molecular complexity index is 492. The minimum atomic E-state index is -0.619. The normalized spacial score (nSPS) is 23.9. The van der Waals surface area contributed by atoms with Crippen LogP contribution in [0.5, 0.6) is 0 Å². The van der Waals surface area contributed by atoms with E-state index >= 15 is 0 Å². The number of carbonyl (C=O) groups excluding carboxylic acids is 1. The van der Waals surface area contributed by atoms with Crippen molar-refractivity contribution in [1.29, 1.82) is 0 Å². The first kappa shape index (κ1) is 13.6. The molecule has 3 N–H and O–H groups in total. The van der Waals surface area contributed by atoms with Gasteiger partial charge in [-0.05, 0) is 24.3 Å². The van der Waals surface area contributed by atoms with Crippen molar-refractivity contribution >= 4 is 5.91 Å². The van der Waals surface area contributed by atoms with Crippen molar-refractivity contribution in [2.45, 2.75) is 31.4 Å². The third kappa shape index (κ3) is 2.34. The minimum absolute atomic E-state index is 0.0479. The first-order chi connectivity index (χ1) is 9.51. The largest absolute Gasteiger partial charge is 0.386 e. The number of benzene rings is 1. The van der Waals surface area contributed by atoms with Gasteiger partial charge in [-0.1, -0.05) is 37.3 Å². The predicted octanol–water partition coefficient (Wildman–Crippen LogP) is 1.31. The number of carbonyl (C=O) groups is 1. The average Bonchev–Trinajstić information content (AvgIpc) is 3.27. The van der Waals surface area contributed by atoms with Crippen molar-refractivity contribution in [3.05, 3.63) is 35.9 Å². The molecule has 1 heterocycles. The molecular formula is C16H22N2O2. The quantitative estimate of drug-likeness (QED) is 0.870. The van der Waals surface area contributed by atoms with E-state index in [9.17, 15) is 9.90 Å². The van der Waals surface area contributed by atoms with E-state index in [1.165, 1.54) is 0 Å². The first-order valence-corrected chi connectivity index (χ1v) is 7.33. The zero-order chi connectivity index (χ0) is 14.3. The standard InChI is InChI=1S/C16H22N2O2/c1-11(14(17)12-5-3-2-4-6-12)15(19)18-9-16(20,10-18)13-7-8-13/h2-6,11,13-14,20H,7-10,17H2,1H3. The molecule has 0 aromatic heterocycles. The summed E-state index contributed by atoms with van der Waals surface area (Å²) >= 11 is 0. The van der Waals surface area contributed by atoms with Crippen LogP contribution in [0.1, 0.15) is 31.4 Å². The molecule has 1 aromatic rings. The molecule has 2 fully saturated rings. The molecule has 1 aromatic carbocycles. The van der Waals surface area contributed by atoms with Gasteiger partial charge in [0.15, 0.2) is 0 Å². The lowest BCUT2D eigenvalue weighted by Gasteiger charge is -2.48. The zero-order valence-electron chi connectivity index (χ0n) is 11.8. The van der Waals surface area contributed by atoms with Crippen LogP contribution in [0, 0.1) is 11.8 Å². The highest BCUT2D eigenvalue weighted by atomic mass is 16.3. The van der Waals surface area contributed by atoms with Crippen LogP contribution in [-0.2, 0) is 4.79 Å². The van der Waals surface area contributed by atoms with Crippen molar-refractivity contribution in [2.75, 3.05) is 13.1 Å². The Balaban J connectivity index is 1.60. The Morgan fingerprint density at radius 1 is 1.35 bits per heavy atom. The molecule has 2 atom stereocenters.